The summed E-state index contributed by atoms with van der Waals surface area (Å²) in [5.74, 6) is -3.81. The van der Waals surface area contributed by atoms with Crippen LogP contribution in [0.15, 0.2) is 39.4 Å². The molecule has 248 valence electrons. The van der Waals surface area contributed by atoms with Crippen LogP contribution in [0, 0.1) is 5.92 Å². The third kappa shape index (κ3) is 6.07. The summed E-state index contributed by atoms with van der Waals surface area (Å²) in [6.45, 7) is 2.59. The Balaban J connectivity index is 1.09. The Hall–Kier alpha value is -4.78. The average Bonchev–Trinajstić information content (AvgIpc) is 3.83. The number of thioether (sulfide) groups is 1. The van der Waals surface area contributed by atoms with Crippen LogP contribution in [0.2, 0.25) is 0 Å². The molecule has 0 saturated carbocycles. The van der Waals surface area contributed by atoms with Crippen LogP contribution >= 0.6 is 23.3 Å². The lowest BCUT2D eigenvalue weighted by Gasteiger charge is -2.49. The molecule has 1 aromatic rings. The van der Waals surface area contributed by atoms with Gasteiger partial charge in [-0.15, -0.1) is 11.8 Å². The first-order valence-corrected chi connectivity index (χ1v) is 16.4. The molecule has 5 aliphatic rings. The molecule has 0 aromatic carbocycles. The summed E-state index contributed by atoms with van der Waals surface area (Å²) in [7, 11) is 0. The number of rotatable bonds is 9. The second-order valence-corrected chi connectivity index (χ2v) is 13.3. The van der Waals surface area contributed by atoms with Crippen LogP contribution in [0.4, 0.5) is 9.93 Å². The highest BCUT2D eigenvalue weighted by atomic mass is 32.2. The van der Waals surface area contributed by atoms with E-state index in [-0.39, 0.29) is 60.3 Å². The second kappa shape index (κ2) is 12.8. The van der Waals surface area contributed by atoms with Crippen LogP contribution < -0.4 is 5.73 Å². The van der Waals surface area contributed by atoms with Crippen LogP contribution in [-0.4, -0.2) is 119 Å². The molecule has 6 heterocycles. The zero-order chi connectivity index (χ0) is 33.6. The molecule has 17 nitrogen and oxygen atoms in total. The van der Waals surface area contributed by atoms with E-state index in [1.807, 2.05) is 0 Å². The van der Waals surface area contributed by atoms with Gasteiger partial charge in [0.25, 0.3) is 0 Å². The summed E-state index contributed by atoms with van der Waals surface area (Å²) < 4.78 is 14.2. The maximum atomic E-state index is 13.4. The lowest BCUT2D eigenvalue weighted by molar-refractivity contribution is -0.153. The standard InChI is InChI=1S/C28H29N7O10S2/c1-12-6-19(37)45-18(12)10-44-28(42)33-4-3-15(9-33)34-5-2-13(23(34)38)7-14-11-46-25-16(24(39)35(25)21(14)26(40)41)8-17(36)20(31-43)22-30-27(29)47-32-22/h7,15-16,25,43H,2-6,8-11H2,1H3,(H,40,41)(H2,29,30,32)/b13-7+,31-20+/t15-,16-,25-/m1/s1. The first-order chi connectivity index (χ1) is 22.5. The van der Waals surface area contributed by atoms with Crippen molar-refractivity contribution in [3.63, 3.8) is 0 Å². The van der Waals surface area contributed by atoms with Gasteiger partial charge in [-0.2, -0.15) is 9.36 Å². The van der Waals surface area contributed by atoms with E-state index in [4.69, 9.17) is 15.2 Å². The van der Waals surface area contributed by atoms with Gasteiger partial charge in [-0.05, 0) is 37.0 Å². The Kier molecular flexibility index (Phi) is 8.75. The lowest BCUT2D eigenvalue weighted by atomic mass is 9.89. The number of carbonyl (C=O) groups excluding carboxylic acids is 5. The van der Waals surface area contributed by atoms with Crippen molar-refractivity contribution in [1.29, 1.82) is 0 Å². The number of amides is 3. The molecule has 0 spiro atoms. The summed E-state index contributed by atoms with van der Waals surface area (Å²) in [5.41, 5.74) is 6.26. The number of nitrogens with two attached hydrogens (primary N) is 1. The van der Waals surface area contributed by atoms with Crippen molar-refractivity contribution in [2.45, 2.75) is 44.0 Å². The van der Waals surface area contributed by atoms with E-state index < -0.39 is 46.7 Å². The number of nitrogen functional groups attached to an aromatic ring is 1. The molecule has 3 atom stereocenters. The number of β-lactam (4-membered cyclic amide) rings is 1. The smallest absolute Gasteiger partial charge is 0.410 e. The predicted octanol–water partition coefficient (Wildman–Crippen LogP) is 0.718. The zero-order valence-corrected chi connectivity index (χ0v) is 26.5. The summed E-state index contributed by atoms with van der Waals surface area (Å²) >= 11 is 2.07. The van der Waals surface area contributed by atoms with E-state index in [1.54, 1.807) is 11.8 Å². The molecule has 0 unspecified atom stereocenters. The number of fused-ring (bicyclic) bond motifs is 1. The fourth-order valence-electron chi connectivity index (χ4n) is 6.18. The van der Waals surface area contributed by atoms with Crippen molar-refractivity contribution in [2.75, 3.05) is 37.7 Å². The van der Waals surface area contributed by atoms with Crippen LogP contribution in [0.25, 0.3) is 0 Å². The first kappa shape index (κ1) is 32.2. The van der Waals surface area contributed by atoms with Gasteiger partial charge in [-0.1, -0.05) is 5.16 Å². The van der Waals surface area contributed by atoms with Gasteiger partial charge < -0.3 is 35.3 Å². The van der Waals surface area contributed by atoms with Gasteiger partial charge >= 0.3 is 18.0 Å². The Bertz CT molecular complexity index is 1720. The number of ether oxygens (including phenoxy) is 2. The highest BCUT2D eigenvalue weighted by molar-refractivity contribution is 8.00. The molecule has 5 aliphatic heterocycles. The molecule has 19 heteroatoms. The molecule has 3 fully saturated rings. The number of carboxylic acid groups (broad SMARTS) is 1. The molecule has 6 rings (SSSR count). The molecular weight excluding hydrogens is 658 g/mol. The highest BCUT2D eigenvalue weighted by Gasteiger charge is 2.54. The number of ketones is 1. The van der Waals surface area contributed by atoms with Gasteiger partial charge in [0.2, 0.25) is 17.6 Å². The number of aliphatic carboxylic acids is 1. The van der Waals surface area contributed by atoms with Gasteiger partial charge in [-0.25, -0.2) is 9.59 Å². The number of hydrogen-bond donors (Lipinski definition) is 3. The number of oxime groups is 1. The van der Waals surface area contributed by atoms with Crippen molar-refractivity contribution >= 4 is 69.8 Å². The van der Waals surface area contributed by atoms with E-state index in [1.165, 1.54) is 22.7 Å². The Morgan fingerprint density at radius 1 is 1.23 bits per heavy atom. The minimum absolute atomic E-state index is 0.0637. The maximum Gasteiger partial charge on any atom is 0.410 e. The number of anilines is 1. The number of likely N-dealkylation sites (tertiary alicyclic amines) is 2. The number of carbonyl (C=O) groups is 6. The number of aromatic nitrogens is 2. The number of nitrogens with zero attached hydrogens (tertiary/aromatic N) is 6. The predicted molar refractivity (Wildman–Crippen MR) is 163 cm³/mol. The molecule has 3 amide bonds. The van der Waals surface area contributed by atoms with E-state index >= 15 is 0 Å². The van der Waals surface area contributed by atoms with Gasteiger partial charge in [0.1, 0.15) is 11.5 Å². The van der Waals surface area contributed by atoms with Crippen molar-refractivity contribution < 1.29 is 48.6 Å². The first-order valence-electron chi connectivity index (χ1n) is 14.5. The SMILES string of the molecule is CC1=C(COC(=O)N2CC[C@@H](N3CC/C(=C\C4=C(C(=O)O)N5C(=O)[C@@H](CC(=O)/C(=N\O)c6nsc(N)n6)[C@H]5SC4)C3=O)C2)OC(=O)C1. The van der Waals surface area contributed by atoms with Gasteiger partial charge in [0.05, 0.1) is 23.8 Å². The van der Waals surface area contributed by atoms with E-state index in [0.29, 0.717) is 48.4 Å². The van der Waals surface area contributed by atoms with Crippen LogP contribution in [-0.2, 0) is 33.4 Å². The fraction of sp³-hybridized carbons (Fsp3) is 0.464. The third-order valence-electron chi connectivity index (χ3n) is 8.55. The monoisotopic (exact) mass is 687 g/mol. The normalized spacial score (nSPS) is 25.5. The quantitative estimate of drug-likeness (QED) is 0.0810. The molecular formula is C28H29N7O10S2. The maximum absolute atomic E-state index is 13.4. The largest absolute Gasteiger partial charge is 0.477 e. The minimum Gasteiger partial charge on any atom is -0.477 e. The molecule has 0 bridgehead atoms. The number of esters is 1. The highest BCUT2D eigenvalue weighted by Crippen LogP contribution is 2.46. The summed E-state index contributed by atoms with van der Waals surface area (Å²) in [5, 5.41) is 21.8. The number of hydrogen-bond acceptors (Lipinski definition) is 15. The van der Waals surface area contributed by atoms with Crippen molar-refractivity contribution in [3.8, 4) is 0 Å². The molecule has 0 aliphatic carbocycles. The summed E-state index contributed by atoms with van der Waals surface area (Å²) in [4.78, 5) is 83.9. The zero-order valence-electron chi connectivity index (χ0n) is 24.9. The number of carboxylic acids is 1. The fourth-order valence-corrected chi connectivity index (χ4v) is 7.99. The second-order valence-electron chi connectivity index (χ2n) is 11.4. The van der Waals surface area contributed by atoms with Crippen LogP contribution in [0.5, 0.6) is 0 Å². The average molecular weight is 688 g/mol. The Morgan fingerprint density at radius 2 is 2.02 bits per heavy atom. The minimum atomic E-state index is -1.34. The Labute approximate surface area is 274 Å². The van der Waals surface area contributed by atoms with E-state index in [0.717, 1.165) is 16.4 Å². The third-order valence-corrected chi connectivity index (χ3v) is 10.5. The number of cyclic esters (lactones) is 1. The number of Topliss-reactive ketones (excluding diaryl/α,β-unsaturated/α-hetero) is 1. The Morgan fingerprint density at radius 3 is 2.68 bits per heavy atom. The number of allylic oxidation sites excluding steroid dienone is 1. The van der Waals surface area contributed by atoms with E-state index in [9.17, 15) is 39.1 Å². The van der Waals surface area contributed by atoms with Gasteiger partial charge in [0.15, 0.2) is 23.2 Å². The van der Waals surface area contributed by atoms with Gasteiger partial charge in [-0.3, -0.25) is 24.1 Å². The van der Waals surface area contributed by atoms with Crippen molar-refractivity contribution in [2.24, 2.45) is 11.1 Å². The molecule has 47 heavy (non-hydrogen) atoms. The van der Waals surface area contributed by atoms with Crippen molar-refractivity contribution in [1.82, 2.24) is 24.1 Å². The molecule has 1 aromatic heterocycles. The van der Waals surface area contributed by atoms with Crippen LogP contribution in [0.1, 0.15) is 38.4 Å². The summed E-state index contributed by atoms with van der Waals surface area (Å²) in [6, 6.07) is -0.261. The molecule has 3 saturated heterocycles. The van der Waals surface area contributed by atoms with Crippen molar-refractivity contribution in [3.05, 3.63) is 40.1 Å². The topological polar surface area (TPSA) is 235 Å². The van der Waals surface area contributed by atoms with Crippen LogP contribution in [0.3, 0.4) is 0 Å². The molecule has 0 radical (unpaired) electrons. The van der Waals surface area contributed by atoms with E-state index in [2.05, 4.69) is 14.5 Å². The summed E-state index contributed by atoms with van der Waals surface area (Å²) in [6.07, 6.45) is 1.65. The lowest BCUT2D eigenvalue weighted by Crippen LogP contribution is -2.62. The molecule has 4 N–H and O–H groups in total. The van der Waals surface area contributed by atoms with Gasteiger partial charge in [0, 0.05) is 48.9 Å².